The van der Waals surface area contributed by atoms with Crippen molar-refractivity contribution in [2.75, 3.05) is 11.1 Å². The van der Waals surface area contributed by atoms with E-state index in [2.05, 4.69) is 10.4 Å². The molecule has 0 saturated heterocycles. The SMILES string of the molecule is Nc1ccc(Cl)cc1NC(=O)Cn1ncccc1=O. The molecule has 0 saturated carbocycles. The summed E-state index contributed by atoms with van der Waals surface area (Å²) in [7, 11) is 0. The van der Waals surface area contributed by atoms with Crippen molar-refractivity contribution in [3.8, 4) is 0 Å². The largest absolute Gasteiger partial charge is 0.397 e. The lowest BCUT2D eigenvalue weighted by Gasteiger charge is -2.09. The molecule has 1 amide bonds. The number of benzene rings is 1. The van der Waals surface area contributed by atoms with E-state index in [-0.39, 0.29) is 12.1 Å². The van der Waals surface area contributed by atoms with Gasteiger partial charge in [0.15, 0.2) is 0 Å². The maximum Gasteiger partial charge on any atom is 0.267 e. The third-order valence-electron chi connectivity index (χ3n) is 2.37. The fourth-order valence-corrected chi connectivity index (χ4v) is 1.64. The lowest BCUT2D eigenvalue weighted by atomic mass is 10.2. The van der Waals surface area contributed by atoms with Crippen molar-refractivity contribution in [1.82, 2.24) is 9.78 Å². The number of rotatable bonds is 3. The molecule has 1 aromatic heterocycles. The van der Waals surface area contributed by atoms with E-state index in [1.807, 2.05) is 0 Å². The van der Waals surface area contributed by atoms with Crippen LogP contribution in [-0.4, -0.2) is 15.7 Å². The van der Waals surface area contributed by atoms with Crippen LogP contribution in [0.25, 0.3) is 0 Å². The highest BCUT2D eigenvalue weighted by molar-refractivity contribution is 6.31. The highest BCUT2D eigenvalue weighted by atomic mass is 35.5. The molecule has 0 aliphatic rings. The van der Waals surface area contributed by atoms with Crippen LogP contribution in [0.15, 0.2) is 41.3 Å². The molecule has 1 aromatic carbocycles. The molecular formula is C12H11ClN4O2. The summed E-state index contributed by atoms with van der Waals surface area (Å²) in [4.78, 5) is 23.2. The van der Waals surface area contributed by atoms with Crippen LogP contribution in [0.1, 0.15) is 0 Å². The number of nitrogens with zero attached hydrogens (tertiary/aromatic N) is 2. The smallest absolute Gasteiger partial charge is 0.267 e. The Morgan fingerprint density at radius 1 is 1.42 bits per heavy atom. The van der Waals surface area contributed by atoms with Gasteiger partial charge in [0, 0.05) is 17.3 Å². The van der Waals surface area contributed by atoms with Crippen molar-refractivity contribution in [2.45, 2.75) is 6.54 Å². The number of nitrogens with one attached hydrogen (secondary N) is 1. The molecule has 0 aliphatic carbocycles. The van der Waals surface area contributed by atoms with Crippen LogP contribution in [0.4, 0.5) is 11.4 Å². The number of carbonyl (C=O) groups excluding carboxylic acids is 1. The Kier molecular flexibility index (Phi) is 3.82. The normalized spacial score (nSPS) is 10.2. The lowest BCUT2D eigenvalue weighted by molar-refractivity contribution is -0.117. The summed E-state index contributed by atoms with van der Waals surface area (Å²) in [6.45, 7) is -0.189. The van der Waals surface area contributed by atoms with Gasteiger partial charge in [-0.3, -0.25) is 9.59 Å². The fraction of sp³-hybridized carbons (Fsp3) is 0.0833. The van der Waals surface area contributed by atoms with Gasteiger partial charge in [-0.05, 0) is 24.3 Å². The zero-order valence-corrected chi connectivity index (χ0v) is 10.6. The topological polar surface area (TPSA) is 90.0 Å². The van der Waals surface area contributed by atoms with Gasteiger partial charge in [0.05, 0.1) is 11.4 Å². The van der Waals surface area contributed by atoms with Gasteiger partial charge in [-0.15, -0.1) is 0 Å². The van der Waals surface area contributed by atoms with Gasteiger partial charge in [-0.1, -0.05) is 11.6 Å². The van der Waals surface area contributed by atoms with Crippen molar-refractivity contribution in [2.24, 2.45) is 0 Å². The number of carbonyl (C=O) groups is 1. The molecule has 0 atom stereocenters. The van der Waals surface area contributed by atoms with Crippen molar-refractivity contribution >= 4 is 28.9 Å². The molecule has 3 N–H and O–H groups in total. The third kappa shape index (κ3) is 3.32. The zero-order valence-electron chi connectivity index (χ0n) is 9.84. The molecular weight excluding hydrogens is 268 g/mol. The van der Waals surface area contributed by atoms with Crippen LogP contribution in [0.5, 0.6) is 0 Å². The number of amides is 1. The minimum Gasteiger partial charge on any atom is -0.397 e. The summed E-state index contributed by atoms with van der Waals surface area (Å²) >= 11 is 5.81. The third-order valence-corrected chi connectivity index (χ3v) is 2.60. The van der Waals surface area contributed by atoms with Crippen molar-refractivity contribution < 1.29 is 4.79 Å². The molecule has 19 heavy (non-hydrogen) atoms. The molecule has 0 radical (unpaired) electrons. The van der Waals surface area contributed by atoms with Gasteiger partial charge in [0.1, 0.15) is 6.54 Å². The minimum atomic E-state index is -0.408. The Morgan fingerprint density at radius 2 is 2.21 bits per heavy atom. The first-order valence-corrected chi connectivity index (χ1v) is 5.81. The first kappa shape index (κ1) is 13.1. The molecule has 0 spiro atoms. The van der Waals surface area contributed by atoms with Gasteiger partial charge in [-0.25, -0.2) is 4.68 Å². The second-order valence-electron chi connectivity index (χ2n) is 3.80. The van der Waals surface area contributed by atoms with Crippen LogP contribution in [0.3, 0.4) is 0 Å². The van der Waals surface area contributed by atoms with Crippen LogP contribution >= 0.6 is 11.6 Å². The van der Waals surface area contributed by atoms with E-state index < -0.39 is 5.91 Å². The van der Waals surface area contributed by atoms with Crippen molar-refractivity contribution in [3.63, 3.8) is 0 Å². The van der Waals surface area contributed by atoms with Crippen molar-refractivity contribution in [3.05, 3.63) is 51.9 Å². The van der Waals surface area contributed by atoms with Crippen molar-refractivity contribution in [1.29, 1.82) is 0 Å². The maximum absolute atomic E-state index is 11.8. The van der Waals surface area contributed by atoms with Gasteiger partial charge >= 0.3 is 0 Å². The summed E-state index contributed by atoms with van der Waals surface area (Å²) in [6.07, 6.45) is 1.43. The molecule has 0 bridgehead atoms. The number of nitrogens with two attached hydrogens (primary N) is 1. The Hall–Kier alpha value is -2.34. The Balaban J connectivity index is 2.12. The van der Waals surface area contributed by atoms with Gasteiger partial charge in [-0.2, -0.15) is 5.10 Å². The van der Waals surface area contributed by atoms with Gasteiger partial charge < -0.3 is 11.1 Å². The summed E-state index contributed by atoms with van der Waals surface area (Å²) in [6, 6.07) is 7.58. The van der Waals surface area contributed by atoms with Gasteiger partial charge in [0.2, 0.25) is 5.91 Å². The number of hydrogen-bond donors (Lipinski definition) is 2. The maximum atomic E-state index is 11.8. The Bertz CT molecular complexity index is 669. The lowest BCUT2D eigenvalue weighted by Crippen LogP contribution is -2.28. The molecule has 2 rings (SSSR count). The predicted octanol–water partition coefficient (Wildman–Crippen LogP) is 1.12. The van der Waals surface area contributed by atoms with Crippen LogP contribution in [0.2, 0.25) is 5.02 Å². The number of anilines is 2. The Labute approximate surface area is 113 Å². The van der Waals surface area contributed by atoms with E-state index in [1.54, 1.807) is 12.1 Å². The van der Waals surface area contributed by atoms with E-state index in [0.29, 0.717) is 16.4 Å². The molecule has 0 aliphatic heterocycles. The molecule has 6 nitrogen and oxygen atoms in total. The second kappa shape index (κ2) is 5.53. The summed E-state index contributed by atoms with van der Waals surface area (Å²) in [5.41, 5.74) is 6.15. The second-order valence-corrected chi connectivity index (χ2v) is 4.24. The number of aromatic nitrogens is 2. The zero-order chi connectivity index (χ0) is 13.8. The fourth-order valence-electron chi connectivity index (χ4n) is 1.47. The summed E-state index contributed by atoms with van der Waals surface area (Å²) in [5.74, 6) is -0.408. The highest BCUT2D eigenvalue weighted by Crippen LogP contribution is 2.22. The van der Waals surface area contributed by atoms with E-state index in [9.17, 15) is 9.59 Å². The van der Waals surface area contributed by atoms with E-state index >= 15 is 0 Å². The standard InChI is InChI=1S/C12H11ClN4O2/c13-8-3-4-9(14)10(6-8)16-11(18)7-17-12(19)2-1-5-15-17/h1-6H,7,14H2,(H,16,18). The predicted molar refractivity (Wildman–Crippen MR) is 73.0 cm³/mol. The van der Waals surface area contributed by atoms with Crippen LogP contribution < -0.4 is 16.6 Å². The average Bonchev–Trinajstić information content (AvgIpc) is 2.37. The van der Waals surface area contributed by atoms with Gasteiger partial charge in [0.25, 0.3) is 5.56 Å². The van der Waals surface area contributed by atoms with E-state index in [1.165, 1.54) is 24.4 Å². The number of halogens is 1. The molecule has 2 aromatic rings. The summed E-state index contributed by atoms with van der Waals surface area (Å²) < 4.78 is 1.05. The van der Waals surface area contributed by atoms with Crippen LogP contribution in [0, 0.1) is 0 Å². The molecule has 1 heterocycles. The minimum absolute atomic E-state index is 0.189. The van der Waals surface area contributed by atoms with Crippen LogP contribution in [-0.2, 0) is 11.3 Å². The highest BCUT2D eigenvalue weighted by Gasteiger charge is 2.08. The summed E-state index contributed by atoms with van der Waals surface area (Å²) in [5, 5.41) is 6.82. The quantitative estimate of drug-likeness (QED) is 0.823. The molecule has 98 valence electrons. The molecule has 0 fully saturated rings. The number of hydrogen-bond acceptors (Lipinski definition) is 4. The number of nitrogen functional groups attached to an aromatic ring is 1. The first-order valence-electron chi connectivity index (χ1n) is 5.43. The Morgan fingerprint density at radius 3 is 2.95 bits per heavy atom. The van der Waals surface area contributed by atoms with E-state index in [4.69, 9.17) is 17.3 Å². The molecule has 7 heteroatoms. The molecule has 0 unspecified atom stereocenters. The van der Waals surface area contributed by atoms with E-state index in [0.717, 1.165) is 4.68 Å². The average molecular weight is 279 g/mol. The monoisotopic (exact) mass is 278 g/mol. The first-order chi connectivity index (χ1) is 9.06.